The van der Waals surface area contributed by atoms with Crippen LogP contribution in [0.25, 0.3) is 0 Å². The van der Waals surface area contributed by atoms with Crippen LogP contribution in [-0.2, 0) is 18.9 Å². The SMILES string of the molecule is CCCOC(OC(C)C)=C(OC)OCC. The summed E-state index contributed by atoms with van der Waals surface area (Å²) in [5.74, 6) is 0.635. The number of ether oxygens (including phenoxy) is 4. The van der Waals surface area contributed by atoms with E-state index >= 15 is 0 Å². The quantitative estimate of drug-likeness (QED) is 0.587. The van der Waals surface area contributed by atoms with Gasteiger partial charge in [0.1, 0.15) is 0 Å². The van der Waals surface area contributed by atoms with Crippen molar-refractivity contribution < 1.29 is 18.9 Å². The van der Waals surface area contributed by atoms with Crippen LogP contribution in [0.2, 0.25) is 0 Å². The molecule has 0 atom stereocenters. The van der Waals surface area contributed by atoms with Crippen molar-refractivity contribution in [3.05, 3.63) is 11.9 Å². The van der Waals surface area contributed by atoms with Crippen LogP contribution in [0.15, 0.2) is 11.9 Å². The van der Waals surface area contributed by atoms with Crippen LogP contribution < -0.4 is 0 Å². The van der Waals surface area contributed by atoms with Crippen molar-refractivity contribution in [2.45, 2.75) is 40.2 Å². The Morgan fingerprint density at radius 3 is 2.13 bits per heavy atom. The van der Waals surface area contributed by atoms with Gasteiger partial charge in [-0.2, -0.15) is 0 Å². The lowest BCUT2D eigenvalue weighted by Gasteiger charge is -2.17. The summed E-state index contributed by atoms with van der Waals surface area (Å²) < 4.78 is 21.2. The van der Waals surface area contributed by atoms with Crippen LogP contribution in [-0.4, -0.2) is 26.4 Å². The van der Waals surface area contributed by atoms with Gasteiger partial charge in [-0.1, -0.05) is 6.92 Å². The highest BCUT2D eigenvalue weighted by molar-refractivity contribution is 4.86. The fraction of sp³-hybridized carbons (Fsp3) is 0.818. The molecule has 0 aromatic heterocycles. The van der Waals surface area contributed by atoms with Crippen molar-refractivity contribution in [3.63, 3.8) is 0 Å². The molecule has 0 unspecified atom stereocenters. The summed E-state index contributed by atoms with van der Waals surface area (Å²) >= 11 is 0. The normalized spacial score (nSPS) is 12.1. The molecule has 0 spiro atoms. The van der Waals surface area contributed by atoms with Gasteiger partial charge in [-0.05, 0) is 27.2 Å². The predicted molar refractivity (Wildman–Crippen MR) is 58.1 cm³/mol. The molecule has 4 nitrogen and oxygen atoms in total. The van der Waals surface area contributed by atoms with E-state index < -0.39 is 0 Å². The third-order valence-corrected chi connectivity index (χ3v) is 1.41. The zero-order chi connectivity index (χ0) is 11.7. The molecule has 0 heterocycles. The first-order valence-electron chi connectivity index (χ1n) is 5.36. The van der Waals surface area contributed by atoms with Crippen LogP contribution in [0.1, 0.15) is 34.1 Å². The van der Waals surface area contributed by atoms with E-state index in [4.69, 9.17) is 18.9 Å². The molecule has 0 aromatic carbocycles. The molecule has 0 aliphatic rings. The summed E-state index contributed by atoms with van der Waals surface area (Å²) in [4.78, 5) is 0. The maximum absolute atomic E-state index is 5.47. The molecule has 0 rings (SSSR count). The summed E-state index contributed by atoms with van der Waals surface area (Å²) in [6.45, 7) is 8.86. The van der Waals surface area contributed by atoms with Crippen molar-refractivity contribution in [3.8, 4) is 0 Å². The Balaban J connectivity index is 4.51. The molecule has 0 bridgehead atoms. The Hall–Kier alpha value is -1.06. The lowest BCUT2D eigenvalue weighted by molar-refractivity contribution is -0.0479. The van der Waals surface area contributed by atoms with Crippen molar-refractivity contribution >= 4 is 0 Å². The van der Waals surface area contributed by atoms with Gasteiger partial charge < -0.3 is 18.9 Å². The van der Waals surface area contributed by atoms with Gasteiger partial charge in [-0.25, -0.2) is 0 Å². The zero-order valence-corrected chi connectivity index (χ0v) is 10.3. The molecule has 0 radical (unpaired) electrons. The Labute approximate surface area is 92.2 Å². The first-order chi connectivity index (χ1) is 7.15. The Morgan fingerprint density at radius 2 is 1.73 bits per heavy atom. The van der Waals surface area contributed by atoms with Crippen LogP contribution >= 0.6 is 0 Å². The summed E-state index contributed by atoms with van der Waals surface area (Å²) in [6, 6.07) is 0. The van der Waals surface area contributed by atoms with Crippen molar-refractivity contribution in [2.75, 3.05) is 20.3 Å². The van der Waals surface area contributed by atoms with Crippen LogP contribution in [0, 0.1) is 0 Å². The highest BCUT2D eigenvalue weighted by Crippen LogP contribution is 2.13. The molecular weight excluding hydrogens is 196 g/mol. The van der Waals surface area contributed by atoms with Crippen molar-refractivity contribution in [1.29, 1.82) is 0 Å². The first-order valence-corrected chi connectivity index (χ1v) is 5.36. The Morgan fingerprint density at radius 1 is 1.07 bits per heavy atom. The molecule has 0 saturated heterocycles. The largest absolute Gasteiger partial charge is 0.464 e. The number of hydrogen-bond donors (Lipinski definition) is 0. The number of methoxy groups -OCH3 is 1. The lowest BCUT2D eigenvalue weighted by Crippen LogP contribution is -2.11. The molecular formula is C11H22O4. The summed E-state index contributed by atoms with van der Waals surface area (Å²) in [5, 5.41) is 0. The molecule has 90 valence electrons. The first kappa shape index (κ1) is 13.9. The Bertz CT molecular complexity index is 187. The molecule has 0 aliphatic carbocycles. The van der Waals surface area contributed by atoms with Crippen molar-refractivity contribution in [2.24, 2.45) is 0 Å². The van der Waals surface area contributed by atoms with E-state index in [1.54, 1.807) is 0 Å². The van der Waals surface area contributed by atoms with Gasteiger partial charge in [-0.3, -0.25) is 0 Å². The van der Waals surface area contributed by atoms with Gasteiger partial charge in [0, 0.05) is 0 Å². The summed E-state index contributed by atoms with van der Waals surface area (Å²) in [7, 11) is 1.53. The molecule has 0 aromatic rings. The fourth-order valence-corrected chi connectivity index (χ4v) is 0.882. The van der Waals surface area contributed by atoms with Gasteiger partial charge in [0.25, 0.3) is 0 Å². The highest BCUT2D eigenvalue weighted by atomic mass is 16.7. The smallest absolute Gasteiger partial charge is 0.364 e. The van der Waals surface area contributed by atoms with E-state index in [1.165, 1.54) is 7.11 Å². The number of hydrogen-bond acceptors (Lipinski definition) is 4. The minimum atomic E-state index is 0.0301. The molecule has 0 fully saturated rings. The van der Waals surface area contributed by atoms with Crippen LogP contribution in [0.3, 0.4) is 0 Å². The third-order valence-electron chi connectivity index (χ3n) is 1.41. The summed E-state index contributed by atoms with van der Waals surface area (Å²) in [5.41, 5.74) is 0. The van der Waals surface area contributed by atoms with E-state index in [-0.39, 0.29) is 6.10 Å². The van der Waals surface area contributed by atoms with Gasteiger partial charge in [0.15, 0.2) is 0 Å². The molecule has 0 saturated carbocycles. The average Bonchev–Trinajstić information content (AvgIpc) is 2.20. The minimum Gasteiger partial charge on any atom is -0.464 e. The number of rotatable bonds is 8. The standard InChI is InChI=1S/C11H22O4/c1-6-8-14-11(15-9(3)4)10(12-5)13-7-2/h9H,6-8H2,1-5H3. The zero-order valence-electron chi connectivity index (χ0n) is 10.3. The molecule has 0 aliphatic heterocycles. The monoisotopic (exact) mass is 218 g/mol. The van der Waals surface area contributed by atoms with Crippen LogP contribution in [0.4, 0.5) is 0 Å². The van der Waals surface area contributed by atoms with E-state index in [2.05, 4.69) is 0 Å². The van der Waals surface area contributed by atoms with Crippen LogP contribution in [0.5, 0.6) is 0 Å². The molecule has 0 N–H and O–H groups in total. The van der Waals surface area contributed by atoms with Gasteiger partial charge in [-0.15, -0.1) is 0 Å². The predicted octanol–water partition coefficient (Wildman–Crippen LogP) is 2.65. The minimum absolute atomic E-state index is 0.0301. The maximum atomic E-state index is 5.47. The topological polar surface area (TPSA) is 36.9 Å². The second kappa shape index (κ2) is 8.26. The van der Waals surface area contributed by atoms with E-state index in [0.717, 1.165) is 6.42 Å². The van der Waals surface area contributed by atoms with Gasteiger partial charge >= 0.3 is 11.9 Å². The second-order valence-corrected chi connectivity index (χ2v) is 3.23. The Kier molecular flexibility index (Phi) is 7.68. The lowest BCUT2D eigenvalue weighted by atomic mass is 10.5. The van der Waals surface area contributed by atoms with Gasteiger partial charge in [0.2, 0.25) is 0 Å². The van der Waals surface area contributed by atoms with Gasteiger partial charge in [0.05, 0.1) is 26.4 Å². The second-order valence-electron chi connectivity index (χ2n) is 3.23. The molecule has 4 heteroatoms. The van der Waals surface area contributed by atoms with E-state index in [1.807, 2.05) is 27.7 Å². The fourth-order valence-electron chi connectivity index (χ4n) is 0.882. The third kappa shape index (κ3) is 6.10. The summed E-state index contributed by atoms with van der Waals surface area (Å²) in [6.07, 6.45) is 0.941. The van der Waals surface area contributed by atoms with Crippen molar-refractivity contribution in [1.82, 2.24) is 0 Å². The molecule has 15 heavy (non-hydrogen) atoms. The maximum Gasteiger partial charge on any atom is 0.364 e. The van der Waals surface area contributed by atoms with E-state index in [9.17, 15) is 0 Å². The average molecular weight is 218 g/mol. The molecule has 0 amide bonds. The van der Waals surface area contributed by atoms with E-state index in [0.29, 0.717) is 25.1 Å². The highest BCUT2D eigenvalue weighted by Gasteiger charge is 2.14.